The Labute approximate surface area is 240 Å². The van der Waals surface area contributed by atoms with Gasteiger partial charge in [0.25, 0.3) is 0 Å². The number of hydrogen-bond acceptors (Lipinski definition) is 1. The molecule has 0 spiro atoms. The third kappa shape index (κ3) is 18.5. The predicted octanol–water partition coefficient (Wildman–Crippen LogP) is 13.1. The van der Waals surface area contributed by atoms with Crippen LogP contribution in [-0.4, -0.2) is 9.55 Å². The van der Waals surface area contributed by atoms with Crippen LogP contribution in [-0.2, 0) is 0 Å². The second-order valence-corrected chi connectivity index (χ2v) is 12.5. The largest absolute Gasteiger partial charge is 0.332 e. The molecule has 2 unspecified atom stereocenters. The molecule has 2 atom stereocenters. The summed E-state index contributed by atoms with van der Waals surface area (Å²) in [6, 6.07) is 0.589. The molecule has 0 aliphatic heterocycles. The quantitative estimate of drug-likeness (QED) is 0.0941. The van der Waals surface area contributed by atoms with Crippen LogP contribution in [0.25, 0.3) is 0 Å². The van der Waals surface area contributed by atoms with Gasteiger partial charge in [0.2, 0.25) is 0 Å². The average molecular weight is 531 g/mol. The van der Waals surface area contributed by atoms with Gasteiger partial charge in [-0.25, -0.2) is 4.98 Å². The van der Waals surface area contributed by atoms with Crippen LogP contribution >= 0.6 is 0 Å². The van der Waals surface area contributed by atoms with Crippen LogP contribution in [0.4, 0.5) is 0 Å². The fraction of sp³-hybridized carbons (Fsp3) is 0.917. The highest BCUT2D eigenvalue weighted by Gasteiger charge is 2.18. The van der Waals surface area contributed by atoms with Crippen LogP contribution in [0.15, 0.2) is 12.4 Å². The van der Waals surface area contributed by atoms with Crippen molar-refractivity contribution in [2.24, 2.45) is 0 Å². The van der Waals surface area contributed by atoms with E-state index in [9.17, 15) is 0 Å². The maximum absolute atomic E-state index is 4.86. The fourth-order valence-corrected chi connectivity index (χ4v) is 6.18. The second-order valence-electron chi connectivity index (χ2n) is 12.5. The Hall–Kier alpha value is -0.790. The second kappa shape index (κ2) is 26.4. The summed E-state index contributed by atoms with van der Waals surface area (Å²) in [5, 5.41) is 0. The molecular formula is C36H70N2. The molecule has 1 heterocycles. The molecule has 224 valence electrons. The molecule has 1 aromatic rings. The monoisotopic (exact) mass is 531 g/mol. The van der Waals surface area contributed by atoms with Gasteiger partial charge in [0.05, 0.1) is 0 Å². The zero-order valence-corrected chi connectivity index (χ0v) is 26.8. The van der Waals surface area contributed by atoms with Crippen molar-refractivity contribution in [1.82, 2.24) is 9.55 Å². The smallest absolute Gasteiger partial charge is 0.111 e. The summed E-state index contributed by atoms with van der Waals surface area (Å²) < 4.78 is 2.52. The Morgan fingerprint density at radius 3 is 1.29 bits per heavy atom. The Balaban J connectivity index is 2.10. The van der Waals surface area contributed by atoms with Crippen molar-refractivity contribution in [2.75, 3.05) is 0 Å². The van der Waals surface area contributed by atoms with E-state index in [0.717, 1.165) is 0 Å². The molecule has 0 bridgehead atoms. The number of unbranched alkanes of at least 4 members (excludes halogenated alkanes) is 22. The summed E-state index contributed by atoms with van der Waals surface area (Å²) in [7, 11) is 0. The molecule has 0 saturated heterocycles. The van der Waals surface area contributed by atoms with Gasteiger partial charge in [-0.3, -0.25) is 0 Å². The van der Waals surface area contributed by atoms with Gasteiger partial charge in [0.1, 0.15) is 5.82 Å². The van der Waals surface area contributed by atoms with Gasteiger partial charge in [-0.05, 0) is 26.2 Å². The molecule has 2 heteroatoms. The summed E-state index contributed by atoms with van der Waals surface area (Å²) >= 11 is 0. The van der Waals surface area contributed by atoms with Crippen LogP contribution in [0.2, 0.25) is 0 Å². The number of nitrogens with zero attached hydrogens (tertiary/aromatic N) is 2. The van der Waals surface area contributed by atoms with Crippen molar-refractivity contribution in [2.45, 2.75) is 213 Å². The molecule has 1 aromatic heterocycles. The third-order valence-corrected chi connectivity index (χ3v) is 8.91. The molecule has 2 nitrogen and oxygen atoms in total. The van der Waals surface area contributed by atoms with Gasteiger partial charge in [-0.2, -0.15) is 0 Å². The number of imidazole rings is 1. The van der Waals surface area contributed by atoms with Crippen molar-refractivity contribution in [3.63, 3.8) is 0 Å². The Bertz CT molecular complexity index is 592. The van der Waals surface area contributed by atoms with E-state index in [0.29, 0.717) is 12.0 Å². The molecule has 0 aliphatic carbocycles. The summed E-state index contributed by atoms with van der Waals surface area (Å²) in [6.07, 6.45) is 42.5. The standard InChI is InChI=1S/C36H70N2/c1-5-8-10-12-14-16-18-20-22-24-26-28-30-34(4)38-33-32-37-36(38)35(7-3)31-29-27-25-23-21-19-17-15-13-11-9-6-2/h32-35H,5-31H2,1-4H3. The van der Waals surface area contributed by atoms with Gasteiger partial charge in [0, 0.05) is 24.4 Å². The highest BCUT2D eigenvalue weighted by atomic mass is 15.1. The van der Waals surface area contributed by atoms with E-state index in [1.54, 1.807) is 0 Å². The Kier molecular flexibility index (Phi) is 24.5. The van der Waals surface area contributed by atoms with Crippen LogP contribution in [0.5, 0.6) is 0 Å². The lowest BCUT2D eigenvalue weighted by Crippen LogP contribution is -2.12. The molecule has 0 aliphatic rings. The fourth-order valence-electron chi connectivity index (χ4n) is 6.18. The lowest BCUT2D eigenvalue weighted by Gasteiger charge is -2.21. The van der Waals surface area contributed by atoms with Gasteiger partial charge in [-0.1, -0.05) is 175 Å². The Morgan fingerprint density at radius 2 is 0.895 bits per heavy atom. The first kappa shape index (κ1) is 35.2. The van der Waals surface area contributed by atoms with Crippen LogP contribution in [0, 0.1) is 0 Å². The van der Waals surface area contributed by atoms with E-state index in [2.05, 4.69) is 44.7 Å². The third-order valence-electron chi connectivity index (χ3n) is 8.91. The normalized spacial score (nSPS) is 13.3. The van der Waals surface area contributed by atoms with E-state index >= 15 is 0 Å². The van der Waals surface area contributed by atoms with Crippen molar-refractivity contribution in [3.8, 4) is 0 Å². The first-order valence-corrected chi connectivity index (χ1v) is 17.8. The molecule has 0 amide bonds. The zero-order valence-electron chi connectivity index (χ0n) is 26.8. The topological polar surface area (TPSA) is 17.8 Å². The lowest BCUT2D eigenvalue weighted by atomic mass is 9.96. The number of aromatic nitrogens is 2. The molecule has 0 saturated carbocycles. The number of hydrogen-bond donors (Lipinski definition) is 0. The van der Waals surface area contributed by atoms with Gasteiger partial charge < -0.3 is 4.57 Å². The van der Waals surface area contributed by atoms with Crippen molar-refractivity contribution < 1.29 is 0 Å². The van der Waals surface area contributed by atoms with E-state index in [1.807, 2.05) is 0 Å². The first-order chi connectivity index (χ1) is 18.7. The van der Waals surface area contributed by atoms with Crippen LogP contribution in [0.1, 0.15) is 219 Å². The van der Waals surface area contributed by atoms with E-state index < -0.39 is 0 Å². The zero-order chi connectivity index (χ0) is 27.5. The highest BCUT2D eigenvalue weighted by Crippen LogP contribution is 2.28. The molecule has 0 N–H and O–H groups in total. The molecule has 0 aromatic carbocycles. The van der Waals surface area contributed by atoms with Crippen molar-refractivity contribution in [1.29, 1.82) is 0 Å². The van der Waals surface area contributed by atoms with Gasteiger partial charge in [-0.15, -0.1) is 0 Å². The summed E-state index contributed by atoms with van der Waals surface area (Å²) in [5.41, 5.74) is 0. The minimum Gasteiger partial charge on any atom is -0.332 e. The molecule has 0 fully saturated rings. The average Bonchev–Trinajstić information content (AvgIpc) is 3.42. The molecule has 1 rings (SSSR count). The Morgan fingerprint density at radius 1 is 0.526 bits per heavy atom. The van der Waals surface area contributed by atoms with Crippen LogP contribution < -0.4 is 0 Å². The molecule has 38 heavy (non-hydrogen) atoms. The summed E-state index contributed by atoms with van der Waals surface area (Å²) in [5.74, 6) is 2.00. The first-order valence-electron chi connectivity index (χ1n) is 17.8. The highest BCUT2D eigenvalue weighted by molar-refractivity contribution is 5.02. The number of rotatable bonds is 29. The maximum atomic E-state index is 4.86. The van der Waals surface area contributed by atoms with Crippen molar-refractivity contribution in [3.05, 3.63) is 18.2 Å². The minimum atomic E-state index is 0.589. The summed E-state index contributed by atoms with van der Waals surface area (Å²) in [4.78, 5) is 4.86. The van der Waals surface area contributed by atoms with E-state index in [1.165, 1.54) is 179 Å². The maximum Gasteiger partial charge on any atom is 0.111 e. The van der Waals surface area contributed by atoms with E-state index in [4.69, 9.17) is 4.98 Å². The van der Waals surface area contributed by atoms with Gasteiger partial charge >= 0.3 is 0 Å². The van der Waals surface area contributed by atoms with E-state index in [-0.39, 0.29) is 0 Å². The van der Waals surface area contributed by atoms with Crippen molar-refractivity contribution >= 4 is 0 Å². The molecular weight excluding hydrogens is 460 g/mol. The summed E-state index contributed by atoms with van der Waals surface area (Å²) in [6.45, 7) is 9.39. The van der Waals surface area contributed by atoms with Crippen LogP contribution in [0.3, 0.4) is 0 Å². The SMILES string of the molecule is CCCCCCCCCCCCCCC(CC)c1nccn1C(C)CCCCCCCCCCCCCC. The molecule has 0 radical (unpaired) electrons. The van der Waals surface area contributed by atoms with Gasteiger partial charge in [0.15, 0.2) is 0 Å². The lowest BCUT2D eigenvalue weighted by molar-refractivity contribution is 0.425. The predicted molar refractivity (Wildman–Crippen MR) is 171 cm³/mol. The minimum absolute atomic E-state index is 0.589.